The summed E-state index contributed by atoms with van der Waals surface area (Å²) in [5.41, 5.74) is 1.39. The summed E-state index contributed by atoms with van der Waals surface area (Å²) in [6, 6.07) is 10.1. The number of hydrogen-bond acceptors (Lipinski definition) is 7. The number of halogens is 4. The van der Waals surface area contributed by atoms with Crippen LogP contribution in [0.15, 0.2) is 36.4 Å². The molecule has 0 amide bonds. The van der Waals surface area contributed by atoms with Gasteiger partial charge in [0.05, 0.1) is 19.8 Å². The topological polar surface area (TPSA) is 80.3 Å². The predicted molar refractivity (Wildman–Crippen MR) is 127 cm³/mol. The highest BCUT2D eigenvalue weighted by molar-refractivity contribution is 6.35. The van der Waals surface area contributed by atoms with Crippen molar-refractivity contribution in [2.24, 2.45) is 0 Å². The maximum absolute atomic E-state index is 11.7. The number of benzene rings is 2. The van der Waals surface area contributed by atoms with Gasteiger partial charge in [-0.25, -0.2) is 0 Å². The molecule has 1 unspecified atom stereocenters. The maximum atomic E-state index is 11.7. The molecule has 0 radical (unpaired) electrons. The molecule has 0 aromatic heterocycles. The Labute approximate surface area is 217 Å². The van der Waals surface area contributed by atoms with E-state index in [-0.39, 0.29) is 19.8 Å². The molecule has 3 rings (SSSR count). The molecule has 7 nitrogen and oxygen atoms in total. The number of carbonyl (C=O) groups is 2. The smallest absolute Gasteiger partial charge is 0.305 e. The van der Waals surface area contributed by atoms with E-state index in [2.05, 4.69) is 0 Å². The molecule has 1 fully saturated rings. The first-order valence-electron chi connectivity index (χ1n) is 10.2. The largest absolute Gasteiger partial charge is 0.453 e. The van der Waals surface area contributed by atoms with Crippen LogP contribution >= 0.6 is 46.4 Å². The first-order chi connectivity index (χ1) is 16.1. The number of hydrogen-bond donors (Lipinski definition) is 0. The fraction of sp³-hybridized carbons (Fsp3) is 0.391. The van der Waals surface area contributed by atoms with Crippen LogP contribution in [0.4, 0.5) is 0 Å². The van der Waals surface area contributed by atoms with Gasteiger partial charge in [0.1, 0.15) is 12.2 Å². The summed E-state index contributed by atoms with van der Waals surface area (Å²) in [4.78, 5) is 23.3. The van der Waals surface area contributed by atoms with Crippen molar-refractivity contribution in [2.45, 2.75) is 51.7 Å². The van der Waals surface area contributed by atoms with Crippen LogP contribution in [0.2, 0.25) is 20.1 Å². The van der Waals surface area contributed by atoms with Gasteiger partial charge >= 0.3 is 11.9 Å². The van der Waals surface area contributed by atoms with Gasteiger partial charge in [-0.05, 0) is 35.4 Å². The Bertz CT molecular complexity index is 1030. The van der Waals surface area contributed by atoms with Gasteiger partial charge in [0.2, 0.25) is 6.29 Å². The second-order valence-electron chi connectivity index (χ2n) is 7.49. The van der Waals surface area contributed by atoms with E-state index in [9.17, 15) is 9.59 Å². The zero-order valence-electron chi connectivity index (χ0n) is 18.3. The lowest BCUT2D eigenvalue weighted by Gasteiger charge is -2.24. The lowest BCUT2D eigenvalue weighted by molar-refractivity contribution is -0.197. The Morgan fingerprint density at radius 3 is 1.91 bits per heavy atom. The van der Waals surface area contributed by atoms with Crippen LogP contribution in [0, 0.1) is 0 Å². The summed E-state index contributed by atoms with van der Waals surface area (Å²) >= 11 is 24.3. The van der Waals surface area contributed by atoms with Gasteiger partial charge in [-0.2, -0.15) is 0 Å². The summed E-state index contributed by atoms with van der Waals surface area (Å²) in [5.74, 6) is -1.19. The Morgan fingerprint density at radius 1 is 0.824 bits per heavy atom. The second-order valence-corrected chi connectivity index (χ2v) is 9.18. The normalized spacial score (nSPS) is 21.9. The highest BCUT2D eigenvalue weighted by atomic mass is 35.5. The Morgan fingerprint density at radius 2 is 1.38 bits per heavy atom. The van der Waals surface area contributed by atoms with Gasteiger partial charge in [-0.3, -0.25) is 9.59 Å². The van der Waals surface area contributed by atoms with Crippen LogP contribution in [0.1, 0.15) is 25.0 Å². The average molecular weight is 552 g/mol. The van der Waals surface area contributed by atoms with Crippen LogP contribution in [0.3, 0.4) is 0 Å². The summed E-state index contributed by atoms with van der Waals surface area (Å²) in [7, 11) is 0. The molecular formula is C23H22Cl4O7. The van der Waals surface area contributed by atoms with E-state index in [0.29, 0.717) is 25.7 Å². The van der Waals surface area contributed by atoms with Gasteiger partial charge in [0, 0.05) is 33.9 Å². The molecule has 0 spiro atoms. The van der Waals surface area contributed by atoms with Gasteiger partial charge in [-0.15, -0.1) is 0 Å². The Balaban J connectivity index is 1.75. The minimum atomic E-state index is -1.17. The third-order valence-electron chi connectivity index (χ3n) is 4.85. The van der Waals surface area contributed by atoms with Crippen LogP contribution in [-0.4, -0.2) is 43.1 Å². The zero-order valence-corrected chi connectivity index (χ0v) is 21.3. The van der Waals surface area contributed by atoms with Gasteiger partial charge in [-0.1, -0.05) is 58.5 Å². The molecule has 34 heavy (non-hydrogen) atoms. The highest BCUT2D eigenvalue weighted by Crippen LogP contribution is 2.31. The molecule has 0 bridgehead atoms. The third-order valence-corrected chi connectivity index (χ3v) is 6.03. The highest BCUT2D eigenvalue weighted by Gasteiger charge is 2.49. The van der Waals surface area contributed by atoms with Gasteiger partial charge in [0.15, 0.2) is 6.10 Å². The fourth-order valence-electron chi connectivity index (χ4n) is 3.35. The van der Waals surface area contributed by atoms with E-state index in [1.807, 2.05) is 0 Å². The molecule has 0 N–H and O–H groups in total. The van der Waals surface area contributed by atoms with Crippen LogP contribution < -0.4 is 0 Å². The summed E-state index contributed by atoms with van der Waals surface area (Å²) < 4.78 is 28.3. The minimum Gasteiger partial charge on any atom is -0.453 e. The molecule has 11 heteroatoms. The molecular weight excluding hydrogens is 530 g/mol. The molecule has 1 aliphatic heterocycles. The first kappa shape index (κ1) is 27.0. The van der Waals surface area contributed by atoms with Crippen molar-refractivity contribution in [1.29, 1.82) is 0 Å². The minimum absolute atomic E-state index is 0.0352. The predicted octanol–water partition coefficient (Wildman–Crippen LogP) is 5.62. The van der Waals surface area contributed by atoms with Gasteiger partial charge in [0.25, 0.3) is 0 Å². The van der Waals surface area contributed by atoms with Crippen molar-refractivity contribution in [1.82, 2.24) is 0 Å². The van der Waals surface area contributed by atoms with Gasteiger partial charge < -0.3 is 23.7 Å². The van der Waals surface area contributed by atoms with E-state index >= 15 is 0 Å². The molecule has 2 aromatic carbocycles. The number of rotatable bonds is 9. The summed E-state index contributed by atoms with van der Waals surface area (Å²) in [6.07, 6.45) is -3.73. The molecule has 1 aliphatic rings. The van der Waals surface area contributed by atoms with Crippen LogP contribution in [-0.2, 0) is 46.5 Å². The molecule has 4 atom stereocenters. The second kappa shape index (κ2) is 12.4. The monoisotopic (exact) mass is 550 g/mol. The lowest BCUT2D eigenvalue weighted by atomic mass is 10.1. The maximum Gasteiger partial charge on any atom is 0.305 e. The fourth-order valence-corrected chi connectivity index (χ4v) is 4.28. The molecule has 1 heterocycles. The lowest BCUT2D eigenvalue weighted by Crippen LogP contribution is -2.41. The summed E-state index contributed by atoms with van der Waals surface area (Å²) in [6.45, 7) is 2.73. The van der Waals surface area contributed by atoms with Crippen molar-refractivity contribution in [3.05, 3.63) is 67.6 Å². The van der Waals surface area contributed by atoms with Crippen LogP contribution in [0.25, 0.3) is 0 Å². The molecule has 0 aliphatic carbocycles. The first-order valence-corrected chi connectivity index (χ1v) is 11.7. The molecule has 0 saturated carbocycles. The number of carbonyl (C=O) groups excluding carboxylic acids is 2. The van der Waals surface area contributed by atoms with Crippen LogP contribution in [0.5, 0.6) is 0 Å². The zero-order chi connectivity index (χ0) is 24.8. The standard InChI is InChI=1S/C23H22Cl4O7/c1-12(28)32-22-21(31-10-15-4-6-17(25)8-19(15)27)20(34-23(22)33-13(2)29)11-30-9-14-3-5-16(24)7-18(14)26/h3-8,20-23H,9-11H2,1-2H3/t20-,21-,22-,23?/m1/s1. The van der Waals surface area contributed by atoms with E-state index in [0.717, 1.165) is 5.56 Å². The molecule has 2 aromatic rings. The van der Waals surface area contributed by atoms with E-state index in [1.54, 1.807) is 36.4 Å². The average Bonchev–Trinajstić information content (AvgIpc) is 3.04. The van der Waals surface area contributed by atoms with Crippen molar-refractivity contribution in [3.63, 3.8) is 0 Å². The number of ether oxygens (including phenoxy) is 5. The van der Waals surface area contributed by atoms with E-state index in [4.69, 9.17) is 70.1 Å². The van der Waals surface area contributed by atoms with E-state index < -0.39 is 36.5 Å². The summed E-state index contributed by atoms with van der Waals surface area (Å²) in [5, 5.41) is 1.87. The Kier molecular flexibility index (Phi) is 9.85. The third kappa shape index (κ3) is 7.46. The van der Waals surface area contributed by atoms with Crippen molar-refractivity contribution in [2.75, 3.05) is 6.61 Å². The van der Waals surface area contributed by atoms with Crippen molar-refractivity contribution >= 4 is 58.3 Å². The van der Waals surface area contributed by atoms with Crippen molar-refractivity contribution in [3.8, 4) is 0 Å². The Hall–Kier alpha value is -1.58. The van der Waals surface area contributed by atoms with E-state index in [1.165, 1.54) is 13.8 Å². The van der Waals surface area contributed by atoms with Crippen molar-refractivity contribution < 1.29 is 33.3 Å². The molecule has 184 valence electrons. The number of esters is 2. The quantitative estimate of drug-likeness (QED) is 0.374. The SMILES string of the molecule is CC(=O)OC1O[C@H](COCc2ccc(Cl)cc2Cl)[C@@H](OCc2ccc(Cl)cc2Cl)[C@H]1OC(C)=O. The molecule has 1 saturated heterocycles.